The molecular weight excluding hydrogens is 254 g/mol. The van der Waals surface area contributed by atoms with Crippen LogP contribution in [0.15, 0.2) is 12.1 Å². The maximum absolute atomic E-state index is 11.1. The Morgan fingerprint density at radius 3 is 2.80 bits per heavy atom. The van der Waals surface area contributed by atoms with Gasteiger partial charge in [0.05, 0.1) is 4.92 Å². The number of nitro benzene ring substituents is 1. The smallest absolute Gasteiger partial charge is 0.274 e. The van der Waals surface area contributed by atoms with E-state index >= 15 is 0 Å². The summed E-state index contributed by atoms with van der Waals surface area (Å²) in [6.07, 6.45) is 3.65. The van der Waals surface area contributed by atoms with Crippen molar-refractivity contribution in [3.8, 4) is 0 Å². The van der Waals surface area contributed by atoms with E-state index in [4.69, 9.17) is 0 Å². The lowest BCUT2D eigenvalue weighted by molar-refractivity contribution is -0.385. The fourth-order valence-electron chi connectivity index (χ4n) is 3.64. The van der Waals surface area contributed by atoms with Crippen LogP contribution in [0.1, 0.15) is 30.4 Å². The van der Waals surface area contributed by atoms with Gasteiger partial charge in [0, 0.05) is 35.9 Å². The van der Waals surface area contributed by atoms with E-state index in [-0.39, 0.29) is 10.6 Å². The molecule has 1 aromatic carbocycles. The third-order valence-corrected chi connectivity index (χ3v) is 4.69. The first-order chi connectivity index (χ1) is 9.56. The van der Waals surface area contributed by atoms with Crippen LogP contribution in [0.3, 0.4) is 0 Å². The van der Waals surface area contributed by atoms with E-state index < -0.39 is 0 Å². The molecule has 2 aliphatic heterocycles. The van der Waals surface area contributed by atoms with Crippen LogP contribution in [0.25, 0.3) is 0 Å². The molecule has 2 fully saturated rings. The van der Waals surface area contributed by atoms with Crippen molar-refractivity contribution >= 4 is 11.4 Å². The van der Waals surface area contributed by atoms with Crippen LogP contribution in [-0.4, -0.2) is 35.0 Å². The lowest BCUT2D eigenvalue weighted by atomic mass is 10.0. The Kier molecular flexibility index (Phi) is 3.38. The summed E-state index contributed by atoms with van der Waals surface area (Å²) in [5.41, 5.74) is 2.94. The Bertz CT molecular complexity index is 544. The Morgan fingerprint density at radius 2 is 2.05 bits per heavy atom. The number of hydrogen-bond acceptors (Lipinski definition) is 4. The zero-order valence-corrected chi connectivity index (χ0v) is 12.1. The van der Waals surface area contributed by atoms with Gasteiger partial charge in [-0.3, -0.25) is 15.0 Å². The molecule has 0 bridgehead atoms. The summed E-state index contributed by atoms with van der Waals surface area (Å²) in [6.45, 7) is 6.16. The van der Waals surface area contributed by atoms with Crippen LogP contribution in [0.4, 0.5) is 11.4 Å². The molecule has 0 spiro atoms. The van der Waals surface area contributed by atoms with Gasteiger partial charge in [-0.05, 0) is 51.3 Å². The number of rotatable bonds is 3. The molecule has 2 heterocycles. The molecule has 0 radical (unpaired) electrons. The number of hydrogen-bond donors (Lipinski definition) is 1. The van der Waals surface area contributed by atoms with Gasteiger partial charge >= 0.3 is 0 Å². The summed E-state index contributed by atoms with van der Waals surface area (Å²) in [5, 5.41) is 14.6. The highest BCUT2D eigenvalue weighted by molar-refractivity contribution is 5.60. The van der Waals surface area contributed by atoms with E-state index in [2.05, 4.69) is 10.2 Å². The average Bonchev–Trinajstić information content (AvgIpc) is 2.96. The van der Waals surface area contributed by atoms with E-state index in [0.29, 0.717) is 12.1 Å². The number of nitro groups is 1. The van der Waals surface area contributed by atoms with Crippen LogP contribution in [0.5, 0.6) is 0 Å². The number of benzene rings is 1. The van der Waals surface area contributed by atoms with Gasteiger partial charge < -0.3 is 5.32 Å². The molecule has 0 amide bonds. The Hall–Kier alpha value is -1.62. The first kappa shape index (κ1) is 13.4. The Balaban J connectivity index is 1.83. The fourth-order valence-corrected chi connectivity index (χ4v) is 3.64. The van der Waals surface area contributed by atoms with Crippen molar-refractivity contribution in [3.05, 3.63) is 33.4 Å². The van der Waals surface area contributed by atoms with E-state index in [1.807, 2.05) is 13.0 Å². The molecule has 3 rings (SSSR count). The lowest BCUT2D eigenvalue weighted by Gasteiger charge is -2.23. The molecule has 5 heteroatoms. The number of aryl methyl sites for hydroxylation is 2. The minimum atomic E-state index is -0.295. The highest BCUT2D eigenvalue weighted by Crippen LogP contribution is 2.32. The molecule has 1 N–H and O–H groups in total. The summed E-state index contributed by atoms with van der Waals surface area (Å²) in [4.78, 5) is 13.3. The molecule has 0 saturated carbocycles. The van der Waals surface area contributed by atoms with Crippen molar-refractivity contribution in [1.29, 1.82) is 0 Å². The van der Waals surface area contributed by atoms with Crippen molar-refractivity contribution in [2.75, 3.05) is 18.4 Å². The number of nitrogens with zero attached hydrogens (tertiary/aromatic N) is 2. The van der Waals surface area contributed by atoms with E-state index in [1.165, 1.54) is 19.4 Å². The molecule has 0 aromatic heterocycles. The highest BCUT2D eigenvalue weighted by Gasteiger charge is 2.37. The molecule has 2 unspecified atom stereocenters. The summed E-state index contributed by atoms with van der Waals surface area (Å²) < 4.78 is 0. The summed E-state index contributed by atoms with van der Waals surface area (Å²) in [5.74, 6) is 0. The minimum absolute atomic E-state index is 0.208. The second-order valence-corrected chi connectivity index (χ2v) is 6.00. The molecule has 5 nitrogen and oxygen atoms in total. The average molecular weight is 275 g/mol. The van der Waals surface area contributed by atoms with Crippen LogP contribution in [-0.2, 0) is 0 Å². The maximum Gasteiger partial charge on any atom is 0.274 e. The van der Waals surface area contributed by atoms with Gasteiger partial charge in [-0.1, -0.05) is 0 Å². The minimum Gasteiger partial charge on any atom is -0.380 e. The summed E-state index contributed by atoms with van der Waals surface area (Å²) in [6, 6.07) is 4.64. The molecule has 108 valence electrons. The second-order valence-electron chi connectivity index (χ2n) is 6.00. The van der Waals surface area contributed by atoms with Gasteiger partial charge in [-0.25, -0.2) is 0 Å². The Labute approximate surface area is 119 Å². The maximum atomic E-state index is 11.1. The van der Waals surface area contributed by atoms with Gasteiger partial charge in [0.1, 0.15) is 0 Å². The fraction of sp³-hybridized carbons (Fsp3) is 0.600. The van der Waals surface area contributed by atoms with Gasteiger partial charge in [0.25, 0.3) is 5.69 Å². The monoisotopic (exact) mass is 275 g/mol. The summed E-state index contributed by atoms with van der Waals surface area (Å²) in [7, 11) is 0. The predicted octanol–water partition coefficient (Wildman–Crippen LogP) is 2.86. The topological polar surface area (TPSA) is 58.4 Å². The second kappa shape index (κ2) is 5.05. The van der Waals surface area contributed by atoms with Crippen LogP contribution in [0, 0.1) is 24.0 Å². The molecule has 1 aromatic rings. The number of nitrogens with one attached hydrogen (secondary N) is 1. The largest absolute Gasteiger partial charge is 0.380 e. The van der Waals surface area contributed by atoms with Crippen molar-refractivity contribution in [3.63, 3.8) is 0 Å². The number of anilines is 1. The van der Waals surface area contributed by atoms with Crippen LogP contribution >= 0.6 is 0 Å². The molecule has 0 aliphatic carbocycles. The van der Waals surface area contributed by atoms with Crippen molar-refractivity contribution in [1.82, 2.24) is 4.90 Å². The quantitative estimate of drug-likeness (QED) is 0.680. The normalized spacial score (nSPS) is 25.7. The first-order valence-electron chi connectivity index (χ1n) is 7.32. The van der Waals surface area contributed by atoms with Gasteiger partial charge in [0.2, 0.25) is 0 Å². The zero-order chi connectivity index (χ0) is 14.3. The van der Waals surface area contributed by atoms with Gasteiger partial charge in [-0.2, -0.15) is 0 Å². The molecule has 20 heavy (non-hydrogen) atoms. The third-order valence-electron chi connectivity index (χ3n) is 4.69. The van der Waals surface area contributed by atoms with Gasteiger partial charge in [0.15, 0.2) is 0 Å². The third kappa shape index (κ3) is 2.26. The molecule has 2 aliphatic rings. The van der Waals surface area contributed by atoms with Crippen molar-refractivity contribution in [2.45, 2.75) is 45.2 Å². The summed E-state index contributed by atoms with van der Waals surface area (Å²) >= 11 is 0. The highest BCUT2D eigenvalue weighted by atomic mass is 16.6. The predicted molar refractivity (Wildman–Crippen MR) is 79.2 cm³/mol. The van der Waals surface area contributed by atoms with E-state index in [0.717, 1.165) is 29.8 Å². The molecule has 2 atom stereocenters. The lowest BCUT2D eigenvalue weighted by Crippen LogP contribution is -2.33. The SMILES string of the molecule is Cc1cc(C)c([N+](=O)[O-])cc1NC1CCN2CCCC12. The Morgan fingerprint density at radius 1 is 1.25 bits per heavy atom. The molecular formula is C15H21N3O2. The first-order valence-corrected chi connectivity index (χ1v) is 7.32. The standard InChI is InChI=1S/C15H21N3O2/c1-10-8-11(2)15(18(19)20)9-13(10)16-12-5-7-17-6-3-4-14(12)17/h8-9,12,14,16H,3-7H2,1-2H3. The zero-order valence-electron chi connectivity index (χ0n) is 12.1. The van der Waals surface area contributed by atoms with Crippen molar-refractivity contribution < 1.29 is 4.92 Å². The van der Waals surface area contributed by atoms with Crippen molar-refractivity contribution in [2.24, 2.45) is 0 Å². The van der Waals surface area contributed by atoms with Crippen LogP contribution < -0.4 is 5.32 Å². The van der Waals surface area contributed by atoms with Crippen LogP contribution in [0.2, 0.25) is 0 Å². The van der Waals surface area contributed by atoms with E-state index in [9.17, 15) is 10.1 Å². The van der Waals surface area contributed by atoms with E-state index in [1.54, 1.807) is 13.0 Å². The molecule has 2 saturated heterocycles. The van der Waals surface area contributed by atoms with Gasteiger partial charge in [-0.15, -0.1) is 0 Å². The number of fused-ring (bicyclic) bond motifs is 1.